The number of carbonyl (C=O) groups excluding carboxylic acids is 1. The molecule has 5 rings (SSSR count). The molecule has 38 heavy (non-hydrogen) atoms. The average Bonchev–Trinajstić information content (AvgIpc) is 3.39. The lowest BCUT2D eigenvalue weighted by Gasteiger charge is -2.37. The minimum Gasteiger partial charge on any atom is -0.483 e. The maximum atomic E-state index is 12.5. The Morgan fingerprint density at radius 3 is 2.63 bits per heavy atom. The van der Waals surface area contributed by atoms with Gasteiger partial charge in [0.1, 0.15) is 11.6 Å². The number of likely N-dealkylation sites (N-methyl/N-ethyl adjacent to an activating group) is 1. The number of pyridine rings is 1. The molecular weight excluding hydrogens is 508 g/mol. The summed E-state index contributed by atoms with van der Waals surface area (Å²) in [7, 11) is 3.83. The molecule has 0 spiro atoms. The summed E-state index contributed by atoms with van der Waals surface area (Å²) in [5.41, 5.74) is 2.62. The maximum Gasteiger partial charge on any atom is 0.290 e. The van der Waals surface area contributed by atoms with Gasteiger partial charge in [-0.25, -0.2) is 9.97 Å². The number of aromatic nitrogens is 4. The van der Waals surface area contributed by atoms with Gasteiger partial charge in [0.15, 0.2) is 5.65 Å². The van der Waals surface area contributed by atoms with Gasteiger partial charge in [0.2, 0.25) is 5.91 Å². The highest BCUT2D eigenvalue weighted by atomic mass is 35.5. The van der Waals surface area contributed by atoms with E-state index >= 15 is 0 Å². The highest BCUT2D eigenvalue weighted by molar-refractivity contribution is 6.35. The molecule has 3 aromatic heterocycles. The highest BCUT2D eigenvalue weighted by Gasteiger charge is 2.26. The molecule has 0 aliphatic carbocycles. The summed E-state index contributed by atoms with van der Waals surface area (Å²) < 4.78 is 1.79. The predicted octanol–water partition coefficient (Wildman–Crippen LogP) is 3.02. The molecule has 1 aromatic carbocycles. The number of amides is 1. The van der Waals surface area contributed by atoms with E-state index in [2.05, 4.69) is 33.3 Å². The first-order valence-corrected chi connectivity index (χ1v) is 12.6. The fourth-order valence-electron chi connectivity index (χ4n) is 4.52. The number of carbonyl (C=O) groups is 2. The van der Waals surface area contributed by atoms with Crippen molar-refractivity contribution in [2.45, 2.75) is 13.0 Å². The van der Waals surface area contributed by atoms with Crippen molar-refractivity contribution in [3.8, 4) is 0 Å². The number of nitrogens with zero attached hydrogens (tertiary/aromatic N) is 7. The van der Waals surface area contributed by atoms with Crippen LogP contribution in [-0.4, -0.2) is 93.7 Å². The van der Waals surface area contributed by atoms with Gasteiger partial charge >= 0.3 is 0 Å². The Kier molecular flexibility index (Phi) is 8.59. The third kappa shape index (κ3) is 5.95. The molecule has 1 amide bonds. The molecule has 0 unspecified atom stereocenters. The van der Waals surface area contributed by atoms with Crippen molar-refractivity contribution >= 4 is 52.2 Å². The van der Waals surface area contributed by atoms with Crippen molar-refractivity contribution in [3.05, 3.63) is 59.4 Å². The summed E-state index contributed by atoms with van der Waals surface area (Å²) in [6, 6.07) is 11.7. The molecule has 0 bridgehead atoms. The zero-order valence-corrected chi connectivity index (χ0v) is 22.3. The van der Waals surface area contributed by atoms with Gasteiger partial charge in [0, 0.05) is 49.4 Å². The largest absolute Gasteiger partial charge is 0.483 e. The average molecular weight is 539 g/mol. The summed E-state index contributed by atoms with van der Waals surface area (Å²) in [4.78, 5) is 36.4. The molecule has 1 aliphatic rings. The molecule has 1 fully saturated rings. The molecule has 1 saturated heterocycles. The lowest BCUT2D eigenvalue weighted by molar-refractivity contribution is -0.132. The summed E-state index contributed by atoms with van der Waals surface area (Å²) in [6.45, 7) is 5.03. The second-order valence-electron chi connectivity index (χ2n) is 9.22. The van der Waals surface area contributed by atoms with Gasteiger partial charge in [-0.15, -0.1) is 0 Å². The molecule has 12 heteroatoms. The van der Waals surface area contributed by atoms with E-state index < -0.39 is 0 Å². The Balaban J connectivity index is 0.00000107. The first-order chi connectivity index (χ1) is 18.3. The van der Waals surface area contributed by atoms with Crippen LogP contribution in [0.25, 0.3) is 16.6 Å². The van der Waals surface area contributed by atoms with Crippen molar-refractivity contribution in [2.24, 2.45) is 0 Å². The molecule has 0 saturated carbocycles. The lowest BCUT2D eigenvalue weighted by atomic mass is 10.0. The van der Waals surface area contributed by atoms with Gasteiger partial charge in [-0.3, -0.25) is 9.59 Å². The third-order valence-electron chi connectivity index (χ3n) is 6.31. The zero-order valence-electron chi connectivity index (χ0n) is 21.6. The lowest BCUT2D eigenvalue weighted by Crippen LogP contribution is -2.51. The Morgan fingerprint density at radius 2 is 1.92 bits per heavy atom. The second-order valence-corrected chi connectivity index (χ2v) is 9.63. The molecule has 11 nitrogen and oxygen atoms in total. The van der Waals surface area contributed by atoms with Crippen LogP contribution in [0.4, 0.5) is 11.6 Å². The quantitative estimate of drug-likeness (QED) is 0.357. The van der Waals surface area contributed by atoms with Crippen molar-refractivity contribution < 1.29 is 14.7 Å². The molecule has 4 heterocycles. The molecule has 1 atom stereocenters. The van der Waals surface area contributed by atoms with Gasteiger partial charge in [-0.05, 0) is 39.2 Å². The van der Waals surface area contributed by atoms with Crippen LogP contribution >= 0.6 is 11.6 Å². The SMILES string of the molecule is C[C@H](Nc1ccnc2ccnn12)c1cc2cccc(Cl)c2nc1N1CCN(C(=O)CN(C)C)CC1.O=CO. The van der Waals surface area contributed by atoms with Crippen LogP contribution in [-0.2, 0) is 9.59 Å². The van der Waals surface area contributed by atoms with Crippen LogP contribution in [0.2, 0.25) is 5.02 Å². The normalized spacial score (nSPS) is 14.3. The van der Waals surface area contributed by atoms with Crippen LogP contribution in [0, 0.1) is 0 Å². The smallest absolute Gasteiger partial charge is 0.290 e. The number of para-hydroxylation sites is 1. The number of hydrogen-bond acceptors (Lipinski definition) is 8. The Morgan fingerprint density at radius 1 is 1.18 bits per heavy atom. The Labute approximate surface area is 225 Å². The number of benzene rings is 1. The fraction of sp³-hybridized carbons (Fsp3) is 0.346. The first kappa shape index (κ1) is 27.1. The third-order valence-corrected chi connectivity index (χ3v) is 6.61. The van der Waals surface area contributed by atoms with Crippen LogP contribution in [0.1, 0.15) is 18.5 Å². The standard InChI is InChI=1S/C25H29ClN8O.CH2O2/c1-17(29-22-7-9-27-21-8-10-28-34(21)22)19-15-18-5-4-6-20(26)24(18)30-25(19)33-13-11-32(12-14-33)23(35)16-31(2)3;2-1-3/h4-10,15,17,29H,11-14,16H2,1-3H3;1H,(H,2,3)/t17-;/m0./s1. The van der Waals surface area contributed by atoms with Gasteiger partial charge in [0.05, 0.1) is 29.3 Å². The summed E-state index contributed by atoms with van der Waals surface area (Å²) >= 11 is 6.52. The van der Waals surface area contributed by atoms with E-state index in [0.717, 1.165) is 33.7 Å². The number of fused-ring (bicyclic) bond motifs is 2. The number of anilines is 2. The highest BCUT2D eigenvalue weighted by Crippen LogP contribution is 2.33. The summed E-state index contributed by atoms with van der Waals surface area (Å²) in [6.07, 6.45) is 3.51. The number of halogens is 1. The number of rotatable bonds is 6. The zero-order chi connectivity index (χ0) is 27.2. The van der Waals surface area contributed by atoms with Crippen LogP contribution in [0.15, 0.2) is 48.8 Å². The number of nitrogens with one attached hydrogen (secondary N) is 1. The van der Waals surface area contributed by atoms with Crippen LogP contribution in [0.5, 0.6) is 0 Å². The minimum atomic E-state index is -0.250. The number of hydrogen-bond donors (Lipinski definition) is 2. The minimum absolute atomic E-state index is 0.0657. The van der Waals surface area contributed by atoms with Crippen molar-refractivity contribution in [1.29, 1.82) is 0 Å². The van der Waals surface area contributed by atoms with E-state index in [9.17, 15) is 4.79 Å². The van der Waals surface area contributed by atoms with Crippen molar-refractivity contribution in [3.63, 3.8) is 0 Å². The molecule has 4 aromatic rings. The van der Waals surface area contributed by atoms with E-state index in [1.807, 2.05) is 54.2 Å². The van der Waals surface area contributed by atoms with Crippen molar-refractivity contribution in [2.75, 3.05) is 57.0 Å². The fourth-order valence-corrected chi connectivity index (χ4v) is 4.75. The van der Waals surface area contributed by atoms with E-state index in [4.69, 9.17) is 26.5 Å². The second kappa shape index (κ2) is 12.1. The topological polar surface area (TPSA) is 119 Å². The predicted molar refractivity (Wildman–Crippen MR) is 148 cm³/mol. The first-order valence-electron chi connectivity index (χ1n) is 12.2. The van der Waals surface area contributed by atoms with Crippen molar-refractivity contribution in [1.82, 2.24) is 29.4 Å². The molecule has 200 valence electrons. The monoisotopic (exact) mass is 538 g/mol. The van der Waals surface area contributed by atoms with Gasteiger partial charge in [0.25, 0.3) is 6.47 Å². The molecule has 0 radical (unpaired) electrons. The van der Waals surface area contributed by atoms with E-state index in [1.165, 1.54) is 0 Å². The molecule has 2 N–H and O–H groups in total. The van der Waals surface area contributed by atoms with Crippen LogP contribution in [0.3, 0.4) is 0 Å². The molecule has 1 aliphatic heterocycles. The van der Waals surface area contributed by atoms with Gasteiger partial charge in [-0.1, -0.05) is 23.7 Å². The molecular formula is C26H31ClN8O3. The van der Waals surface area contributed by atoms with E-state index in [1.54, 1.807) is 16.9 Å². The van der Waals surface area contributed by atoms with E-state index in [0.29, 0.717) is 37.7 Å². The maximum absolute atomic E-state index is 12.5. The van der Waals surface area contributed by atoms with Gasteiger partial charge in [-0.2, -0.15) is 9.61 Å². The van der Waals surface area contributed by atoms with Crippen LogP contribution < -0.4 is 10.2 Å². The van der Waals surface area contributed by atoms with Gasteiger partial charge < -0.3 is 25.1 Å². The summed E-state index contributed by atoms with van der Waals surface area (Å²) in [5, 5.41) is 16.5. The number of carboxylic acid groups (broad SMARTS) is 1. The summed E-state index contributed by atoms with van der Waals surface area (Å²) in [5.74, 6) is 1.89. The number of piperazine rings is 1. The Bertz CT molecular complexity index is 1420. The Hall–Kier alpha value is -3.96. The van der Waals surface area contributed by atoms with E-state index in [-0.39, 0.29) is 18.4 Å².